The third-order valence-electron chi connectivity index (χ3n) is 4.49. The van der Waals surface area contributed by atoms with Crippen LogP contribution in [-0.4, -0.2) is 26.7 Å². The van der Waals surface area contributed by atoms with Crippen molar-refractivity contribution in [2.24, 2.45) is 5.10 Å². The Labute approximate surface area is 203 Å². The SMILES string of the molecule is CCO/C(C)=N/n1c(C(F)(F)F)cc(=O)n(-c2cc(Oc3ccccc3[N+](=O)[O-])c(Cl)cc2F)c1=O. The Bertz CT molecular complexity index is 1480. The lowest BCUT2D eigenvalue weighted by Crippen LogP contribution is -2.41. The largest absolute Gasteiger partial charge is 0.480 e. The average Bonchev–Trinajstić information content (AvgIpc) is 2.78. The summed E-state index contributed by atoms with van der Waals surface area (Å²) in [5, 5.41) is 14.3. The molecule has 36 heavy (non-hydrogen) atoms. The van der Waals surface area contributed by atoms with Crippen LogP contribution < -0.4 is 16.0 Å². The second-order valence-corrected chi connectivity index (χ2v) is 7.32. The van der Waals surface area contributed by atoms with Crippen molar-refractivity contribution in [1.82, 2.24) is 9.24 Å². The first-order chi connectivity index (χ1) is 16.8. The fourth-order valence-corrected chi connectivity index (χ4v) is 3.20. The van der Waals surface area contributed by atoms with Crippen LogP contribution in [0.25, 0.3) is 5.69 Å². The highest BCUT2D eigenvalue weighted by atomic mass is 35.5. The minimum absolute atomic E-state index is 0.0171. The van der Waals surface area contributed by atoms with Crippen LogP contribution in [0.3, 0.4) is 0 Å². The normalized spacial score (nSPS) is 11.9. The van der Waals surface area contributed by atoms with E-state index >= 15 is 0 Å². The molecule has 1 aromatic heterocycles. The number of nitro benzene ring substituents is 1. The number of hydrogen-bond donors (Lipinski definition) is 0. The van der Waals surface area contributed by atoms with Crippen molar-refractivity contribution in [3.63, 3.8) is 0 Å². The Hall–Kier alpha value is -4.20. The van der Waals surface area contributed by atoms with E-state index in [0.717, 1.165) is 12.1 Å². The van der Waals surface area contributed by atoms with Gasteiger partial charge in [0.15, 0.2) is 5.69 Å². The van der Waals surface area contributed by atoms with Gasteiger partial charge >= 0.3 is 17.6 Å². The molecular weight excluding hydrogens is 516 g/mol. The molecule has 10 nitrogen and oxygen atoms in total. The zero-order chi connectivity index (χ0) is 26.8. The Kier molecular flexibility index (Phi) is 7.48. The topological polar surface area (TPSA) is 118 Å². The number of benzene rings is 2. The van der Waals surface area contributed by atoms with Crippen LogP contribution in [0.15, 0.2) is 57.2 Å². The minimum atomic E-state index is -5.17. The highest BCUT2D eigenvalue weighted by Crippen LogP contribution is 2.36. The van der Waals surface area contributed by atoms with E-state index < -0.39 is 56.0 Å². The van der Waals surface area contributed by atoms with Crippen molar-refractivity contribution in [1.29, 1.82) is 0 Å². The summed E-state index contributed by atoms with van der Waals surface area (Å²) in [4.78, 5) is 36.0. The highest BCUT2D eigenvalue weighted by Gasteiger charge is 2.37. The third kappa shape index (κ3) is 5.38. The molecule has 0 spiro atoms. The maximum atomic E-state index is 14.8. The summed E-state index contributed by atoms with van der Waals surface area (Å²) in [5.41, 5.74) is -6.25. The highest BCUT2D eigenvalue weighted by molar-refractivity contribution is 6.32. The average molecular weight is 531 g/mol. The molecule has 2 aromatic carbocycles. The van der Waals surface area contributed by atoms with Crippen molar-refractivity contribution in [2.75, 3.05) is 6.61 Å². The molecule has 0 bridgehead atoms. The van der Waals surface area contributed by atoms with Gasteiger partial charge in [0.05, 0.1) is 22.2 Å². The Balaban J connectivity index is 2.27. The van der Waals surface area contributed by atoms with Crippen LogP contribution in [0.1, 0.15) is 19.5 Å². The van der Waals surface area contributed by atoms with Gasteiger partial charge in [-0.15, -0.1) is 5.10 Å². The molecule has 0 aliphatic rings. The predicted octanol–water partition coefficient (Wildman–Crippen LogP) is 4.73. The van der Waals surface area contributed by atoms with Crippen molar-refractivity contribution in [3.05, 3.63) is 90.0 Å². The number of hydrogen-bond acceptors (Lipinski definition) is 7. The quantitative estimate of drug-likeness (QED) is 0.149. The van der Waals surface area contributed by atoms with Gasteiger partial charge in [-0.05, 0) is 19.1 Å². The van der Waals surface area contributed by atoms with Gasteiger partial charge in [0.1, 0.15) is 11.6 Å². The van der Waals surface area contributed by atoms with Crippen molar-refractivity contribution < 1.29 is 32.0 Å². The molecule has 0 atom stereocenters. The Morgan fingerprint density at radius 3 is 2.44 bits per heavy atom. The van der Waals surface area contributed by atoms with Gasteiger partial charge in [0.2, 0.25) is 11.6 Å². The summed E-state index contributed by atoms with van der Waals surface area (Å²) in [5.74, 6) is -2.34. The van der Waals surface area contributed by atoms with Crippen molar-refractivity contribution >= 4 is 23.2 Å². The predicted molar refractivity (Wildman–Crippen MR) is 120 cm³/mol. The van der Waals surface area contributed by atoms with Gasteiger partial charge in [0.25, 0.3) is 5.56 Å². The standard InChI is InChI=1S/C21H15ClF4N4O6/c1-3-35-11(2)27-29-18(21(24,25)26)10-19(31)28(20(29)32)15-9-17(12(22)8-13(15)23)36-16-7-5-4-6-14(16)30(33)34/h4-10H,3H2,1-2H3/b27-11+. The number of rotatable bonds is 6. The minimum Gasteiger partial charge on any atom is -0.480 e. The number of nitrogens with zero attached hydrogens (tertiary/aromatic N) is 4. The molecule has 3 aromatic rings. The lowest BCUT2D eigenvalue weighted by atomic mass is 10.2. The molecule has 0 aliphatic carbocycles. The monoisotopic (exact) mass is 530 g/mol. The summed E-state index contributed by atoms with van der Waals surface area (Å²) in [6.45, 7) is 2.71. The second-order valence-electron chi connectivity index (χ2n) is 6.91. The van der Waals surface area contributed by atoms with E-state index in [9.17, 15) is 37.3 Å². The third-order valence-corrected chi connectivity index (χ3v) is 4.79. The van der Waals surface area contributed by atoms with E-state index in [4.69, 9.17) is 21.1 Å². The van der Waals surface area contributed by atoms with Crippen LogP contribution in [0.5, 0.6) is 11.5 Å². The zero-order valence-electron chi connectivity index (χ0n) is 18.4. The fourth-order valence-electron chi connectivity index (χ4n) is 3.01. The summed E-state index contributed by atoms with van der Waals surface area (Å²) in [6, 6.07) is 6.51. The lowest BCUT2D eigenvalue weighted by Gasteiger charge is -2.16. The first kappa shape index (κ1) is 26.4. The van der Waals surface area contributed by atoms with Gasteiger partial charge < -0.3 is 9.47 Å². The molecule has 0 saturated carbocycles. The number of nitro groups is 1. The van der Waals surface area contributed by atoms with Gasteiger partial charge in [-0.1, -0.05) is 23.7 Å². The summed E-state index contributed by atoms with van der Waals surface area (Å²) in [7, 11) is 0. The van der Waals surface area contributed by atoms with Crippen LogP contribution >= 0.6 is 11.6 Å². The molecule has 0 unspecified atom stereocenters. The van der Waals surface area contributed by atoms with Crippen LogP contribution in [-0.2, 0) is 10.9 Å². The van der Waals surface area contributed by atoms with E-state index in [1.165, 1.54) is 32.0 Å². The maximum Gasteiger partial charge on any atom is 0.433 e. The summed E-state index contributed by atoms with van der Waals surface area (Å²) >= 11 is 5.98. The molecule has 0 fully saturated rings. The van der Waals surface area contributed by atoms with Crippen molar-refractivity contribution in [2.45, 2.75) is 20.0 Å². The van der Waals surface area contributed by atoms with E-state index in [1.807, 2.05) is 0 Å². The number of ether oxygens (including phenoxy) is 2. The maximum absolute atomic E-state index is 14.8. The smallest absolute Gasteiger partial charge is 0.433 e. The van der Waals surface area contributed by atoms with Crippen molar-refractivity contribution in [3.8, 4) is 17.2 Å². The second kappa shape index (κ2) is 10.2. The number of aromatic nitrogens is 2. The number of halogens is 5. The Morgan fingerprint density at radius 2 is 1.83 bits per heavy atom. The Morgan fingerprint density at radius 1 is 1.17 bits per heavy atom. The van der Waals surface area contributed by atoms with Crippen LogP contribution in [0, 0.1) is 15.9 Å². The molecule has 0 aliphatic heterocycles. The van der Waals surface area contributed by atoms with E-state index in [1.54, 1.807) is 0 Å². The molecule has 0 amide bonds. The first-order valence-electron chi connectivity index (χ1n) is 9.90. The summed E-state index contributed by atoms with van der Waals surface area (Å²) in [6.07, 6.45) is -5.17. The molecule has 190 valence electrons. The van der Waals surface area contributed by atoms with Gasteiger partial charge in [-0.3, -0.25) is 14.9 Å². The molecule has 1 heterocycles. The van der Waals surface area contributed by atoms with Gasteiger partial charge in [0, 0.05) is 25.1 Å². The molecule has 3 rings (SSSR count). The van der Waals surface area contributed by atoms with Crippen LogP contribution in [0.4, 0.5) is 23.2 Å². The molecule has 0 N–H and O–H groups in total. The number of para-hydroxylation sites is 2. The lowest BCUT2D eigenvalue weighted by molar-refractivity contribution is -0.385. The number of alkyl halides is 3. The molecular formula is C21H15ClF4N4O6. The molecule has 0 radical (unpaired) electrons. The van der Waals surface area contributed by atoms with Gasteiger partial charge in [-0.2, -0.15) is 17.8 Å². The van der Waals surface area contributed by atoms with E-state index in [0.29, 0.717) is 6.07 Å². The van der Waals surface area contributed by atoms with Crippen LogP contribution in [0.2, 0.25) is 5.02 Å². The molecule has 0 saturated heterocycles. The first-order valence-corrected chi connectivity index (χ1v) is 10.3. The van der Waals surface area contributed by atoms with E-state index in [-0.39, 0.29) is 33.6 Å². The van der Waals surface area contributed by atoms with E-state index in [2.05, 4.69) is 5.10 Å². The zero-order valence-corrected chi connectivity index (χ0v) is 19.1. The fraction of sp³-hybridized carbons (Fsp3) is 0.190. The molecule has 15 heteroatoms. The summed E-state index contributed by atoms with van der Waals surface area (Å²) < 4.78 is 65.8. The van der Waals surface area contributed by atoms with Gasteiger partial charge in [-0.25, -0.2) is 13.8 Å².